The molecular formula is C19H25NO8. The van der Waals surface area contributed by atoms with E-state index in [0.717, 1.165) is 0 Å². The van der Waals surface area contributed by atoms with E-state index in [1.54, 1.807) is 4.90 Å². The van der Waals surface area contributed by atoms with Gasteiger partial charge in [-0.25, -0.2) is 4.79 Å². The Morgan fingerprint density at radius 3 is 2.04 bits per heavy atom. The van der Waals surface area contributed by atoms with Gasteiger partial charge in [-0.05, 0) is 12.8 Å². The normalized spacial score (nSPS) is 14.2. The molecule has 2 rings (SSSR count). The number of benzene rings is 1. The second-order valence-electron chi connectivity index (χ2n) is 6.16. The first kappa shape index (κ1) is 21.3. The monoisotopic (exact) mass is 395 g/mol. The molecule has 0 aliphatic carbocycles. The van der Waals surface area contributed by atoms with E-state index >= 15 is 0 Å². The van der Waals surface area contributed by atoms with E-state index in [0.29, 0.717) is 37.4 Å². The van der Waals surface area contributed by atoms with Crippen molar-refractivity contribution in [2.75, 3.05) is 48.1 Å². The summed E-state index contributed by atoms with van der Waals surface area (Å²) in [6, 6.07) is 2.95. The third kappa shape index (κ3) is 4.85. The molecule has 0 N–H and O–H groups in total. The van der Waals surface area contributed by atoms with Crippen molar-refractivity contribution in [1.29, 1.82) is 0 Å². The lowest BCUT2D eigenvalue weighted by atomic mass is 9.97. The number of piperidine rings is 1. The van der Waals surface area contributed by atoms with Gasteiger partial charge in [-0.1, -0.05) is 0 Å². The minimum Gasteiger partial charge on any atom is -0.496 e. The van der Waals surface area contributed by atoms with Crippen LogP contribution in [-0.4, -0.2) is 70.9 Å². The minimum absolute atomic E-state index is 0.123. The molecule has 154 valence electrons. The van der Waals surface area contributed by atoms with Crippen LogP contribution in [0.2, 0.25) is 0 Å². The van der Waals surface area contributed by atoms with Crippen LogP contribution in [0.3, 0.4) is 0 Å². The number of esters is 2. The van der Waals surface area contributed by atoms with Gasteiger partial charge in [0.15, 0.2) is 18.1 Å². The van der Waals surface area contributed by atoms with E-state index in [2.05, 4.69) is 0 Å². The molecule has 0 radical (unpaired) electrons. The van der Waals surface area contributed by atoms with Crippen LogP contribution in [-0.2, 0) is 19.1 Å². The molecule has 0 bridgehead atoms. The largest absolute Gasteiger partial charge is 0.496 e. The summed E-state index contributed by atoms with van der Waals surface area (Å²) in [5.74, 6) is -0.515. The molecule has 1 aromatic rings. The van der Waals surface area contributed by atoms with Crippen LogP contribution >= 0.6 is 0 Å². The summed E-state index contributed by atoms with van der Waals surface area (Å²) in [5, 5.41) is 0. The summed E-state index contributed by atoms with van der Waals surface area (Å²) in [5.41, 5.74) is 0.123. The summed E-state index contributed by atoms with van der Waals surface area (Å²) >= 11 is 0. The molecule has 9 heteroatoms. The Bertz CT molecular complexity index is 725. The number of carbonyl (C=O) groups is 3. The van der Waals surface area contributed by atoms with Gasteiger partial charge in [-0.2, -0.15) is 0 Å². The van der Waals surface area contributed by atoms with Crippen molar-refractivity contribution in [2.24, 2.45) is 5.92 Å². The van der Waals surface area contributed by atoms with E-state index in [9.17, 15) is 14.4 Å². The van der Waals surface area contributed by atoms with Crippen LogP contribution in [0, 0.1) is 5.92 Å². The van der Waals surface area contributed by atoms with Crippen LogP contribution in [0.4, 0.5) is 0 Å². The number of amides is 1. The Balaban J connectivity index is 1.97. The van der Waals surface area contributed by atoms with Gasteiger partial charge in [0.1, 0.15) is 11.3 Å². The molecule has 1 heterocycles. The fraction of sp³-hybridized carbons (Fsp3) is 0.526. The van der Waals surface area contributed by atoms with E-state index in [1.807, 2.05) is 0 Å². The van der Waals surface area contributed by atoms with Crippen LogP contribution in [0.1, 0.15) is 23.2 Å². The van der Waals surface area contributed by atoms with Crippen molar-refractivity contribution in [2.45, 2.75) is 12.8 Å². The zero-order valence-electron chi connectivity index (χ0n) is 16.5. The lowest BCUT2D eigenvalue weighted by Crippen LogP contribution is -2.42. The molecule has 0 atom stereocenters. The molecule has 9 nitrogen and oxygen atoms in total. The minimum atomic E-state index is -0.712. The van der Waals surface area contributed by atoms with Gasteiger partial charge in [-0.15, -0.1) is 0 Å². The summed E-state index contributed by atoms with van der Waals surface area (Å²) in [6.45, 7) is 0.422. The van der Waals surface area contributed by atoms with Crippen LogP contribution in [0.5, 0.6) is 17.2 Å². The number of ether oxygens (including phenoxy) is 5. The molecule has 1 saturated heterocycles. The summed E-state index contributed by atoms with van der Waals surface area (Å²) in [4.78, 5) is 37.9. The van der Waals surface area contributed by atoms with Crippen molar-refractivity contribution < 1.29 is 38.1 Å². The fourth-order valence-electron chi connectivity index (χ4n) is 3.02. The molecule has 1 fully saturated rings. The number of carbonyl (C=O) groups excluding carboxylic acids is 3. The van der Waals surface area contributed by atoms with Crippen LogP contribution in [0.15, 0.2) is 12.1 Å². The lowest BCUT2D eigenvalue weighted by Gasteiger charge is -2.30. The third-order valence-electron chi connectivity index (χ3n) is 4.63. The Morgan fingerprint density at radius 1 is 0.929 bits per heavy atom. The maximum Gasteiger partial charge on any atom is 0.342 e. The fourth-order valence-corrected chi connectivity index (χ4v) is 3.02. The first-order valence-corrected chi connectivity index (χ1v) is 8.77. The van der Waals surface area contributed by atoms with Crippen molar-refractivity contribution in [3.05, 3.63) is 17.7 Å². The third-order valence-corrected chi connectivity index (χ3v) is 4.63. The maximum absolute atomic E-state index is 12.4. The number of hydrogen-bond acceptors (Lipinski definition) is 8. The average Bonchev–Trinajstić information content (AvgIpc) is 2.75. The number of hydrogen-bond donors (Lipinski definition) is 0. The molecule has 0 saturated carbocycles. The Kier molecular flexibility index (Phi) is 7.48. The molecule has 28 heavy (non-hydrogen) atoms. The molecule has 0 unspecified atom stereocenters. The zero-order valence-corrected chi connectivity index (χ0v) is 16.5. The van der Waals surface area contributed by atoms with E-state index in [1.165, 1.54) is 40.6 Å². The molecule has 1 amide bonds. The van der Waals surface area contributed by atoms with Crippen molar-refractivity contribution in [3.8, 4) is 17.2 Å². The molecule has 1 aliphatic rings. The SMILES string of the molecule is COC(=O)C1CCN(C(=O)COC(=O)c2cc(OC)c(OC)cc2OC)CC1. The van der Waals surface area contributed by atoms with Crippen molar-refractivity contribution >= 4 is 17.8 Å². The van der Waals surface area contributed by atoms with Gasteiger partial charge in [-0.3, -0.25) is 9.59 Å². The van der Waals surface area contributed by atoms with E-state index in [-0.39, 0.29) is 29.1 Å². The van der Waals surface area contributed by atoms with Gasteiger partial charge >= 0.3 is 11.9 Å². The smallest absolute Gasteiger partial charge is 0.342 e. The van der Waals surface area contributed by atoms with Gasteiger partial charge < -0.3 is 28.6 Å². The zero-order chi connectivity index (χ0) is 20.7. The van der Waals surface area contributed by atoms with Gasteiger partial charge in [0.25, 0.3) is 5.91 Å². The topological polar surface area (TPSA) is 101 Å². The number of nitrogens with zero attached hydrogens (tertiary/aromatic N) is 1. The highest BCUT2D eigenvalue weighted by atomic mass is 16.5. The summed E-state index contributed by atoms with van der Waals surface area (Å²) in [6.07, 6.45) is 1.05. The molecule has 1 aliphatic heterocycles. The van der Waals surface area contributed by atoms with Gasteiger partial charge in [0.05, 0.1) is 34.4 Å². The second-order valence-corrected chi connectivity index (χ2v) is 6.16. The van der Waals surface area contributed by atoms with Gasteiger partial charge in [0.2, 0.25) is 0 Å². The second kappa shape index (κ2) is 9.82. The molecule has 1 aromatic carbocycles. The number of likely N-dealkylation sites (tertiary alicyclic amines) is 1. The Labute approximate surface area is 163 Å². The number of rotatable bonds is 7. The Hall–Kier alpha value is -2.97. The van der Waals surface area contributed by atoms with Crippen molar-refractivity contribution in [1.82, 2.24) is 4.90 Å². The predicted octanol–water partition coefficient (Wildman–Crippen LogP) is 1.28. The molecular weight excluding hydrogens is 370 g/mol. The van der Waals surface area contributed by atoms with Crippen LogP contribution in [0.25, 0.3) is 0 Å². The maximum atomic E-state index is 12.4. The standard InChI is InChI=1S/C19H25NO8/c1-24-14-10-16(26-3)15(25-2)9-13(14)19(23)28-11-17(21)20-7-5-12(6-8-20)18(22)27-4/h9-10,12H,5-8,11H2,1-4H3. The van der Waals surface area contributed by atoms with E-state index in [4.69, 9.17) is 23.7 Å². The quantitative estimate of drug-likeness (QED) is 0.637. The number of methoxy groups -OCH3 is 4. The van der Waals surface area contributed by atoms with Crippen LogP contribution < -0.4 is 14.2 Å². The van der Waals surface area contributed by atoms with Gasteiger partial charge in [0, 0.05) is 25.2 Å². The average molecular weight is 395 g/mol. The molecule has 0 aromatic heterocycles. The summed E-state index contributed by atoms with van der Waals surface area (Å²) in [7, 11) is 5.68. The van der Waals surface area contributed by atoms with E-state index < -0.39 is 12.6 Å². The lowest BCUT2D eigenvalue weighted by molar-refractivity contribution is -0.149. The highest BCUT2D eigenvalue weighted by Gasteiger charge is 2.28. The highest BCUT2D eigenvalue weighted by Crippen LogP contribution is 2.34. The Morgan fingerprint density at radius 2 is 1.50 bits per heavy atom. The molecule has 0 spiro atoms. The highest BCUT2D eigenvalue weighted by molar-refractivity contribution is 5.95. The first-order valence-electron chi connectivity index (χ1n) is 8.77. The van der Waals surface area contributed by atoms with Crippen molar-refractivity contribution in [3.63, 3.8) is 0 Å². The summed E-state index contributed by atoms with van der Waals surface area (Å²) < 4.78 is 25.4. The first-order chi connectivity index (χ1) is 13.4. The predicted molar refractivity (Wildman–Crippen MR) is 97.7 cm³/mol.